The van der Waals surface area contributed by atoms with Crippen molar-refractivity contribution in [3.8, 4) is 11.1 Å². The van der Waals surface area contributed by atoms with Crippen LogP contribution >= 0.6 is 34.5 Å². The molecule has 0 unspecified atom stereocenters. The Morgan fingerprint density at radius 3 is 2.48 bits per heavy atom. The molecule has 0 bridgehead atoms. The maximum absolute atomic E-state index is 13.4. The molecule has 4 nitrogen and oxygen atoms in total. The smallest absolute Gasteiger partial charge is 0.141 e. The van der Waals surface area contributed by atoms with Crippen LogP contribution in [-0.2, 0) is 6.54 Å². The van der Waals surface area contributed by atoms with Gasteiger partial charge in [-0.2, -0.15) is 0 Å². The Morgan fingerprint density at radius 1 is 0.968 bits per heavy atom. The van der Waals surface area contributed by atoms with Gasteiger partial charge in [-0.1, -0.05) is 41.4 Å². The molecular weight excluding hydrogens is 454 g/mol. The van der Waals surface area contributed by atoms with Crippen LogP contribution in [0.15, 0.2) is 54.2 Å². The lowest BCUT2D eigenvalue weighted by Crippen LogP contribution is -2.46. The van der Waals surface area contributed by atoms with Gasteiger partial charge in [0.05, 0.1) is 5.39 Å². The minimum atomic E-state index is -0.239. The summed E-state index contributed by atoms with van der Waals surface area (Å²) in [6.45, 7) is 4.31. The fourth-order valence-corrected chi connectivity index (χ4v) is 5.33. The lowest BCUT2D eigenvalue weighted by Gasteiger charge is -2.35. The monoisotopic (exact) mass is 472 g/mol. The Balaban J connectivity index is 1.37. The van der Waals surface area contributed by atoms with Crippen molar-refractivity contribution in [2.45, 2.75) is 6.54 Å². The van der Waals surface area contributed by atoms with Gasteiger partial charge in [-0.15, -0.1) is 11.3 Å². The molecule has 158 valence electrons. The average molecular weight is 473 g/mol. The van der Waals surface area contributed by atoms with Crippen molar-refractivity contribution >= 4 is 50.6 Å². The minimum Gasteiger partial charge on any atom is -0.353 e. The van der Waals surface area contributed by atoms with E-state index in [1.54, 1.807) is 35.9 Å². The van der Waals surface area contributed by atoms with Gasteiger partial charge in [0.1, 0.15) is 22.8 Å². The second kappa shape index (κ2) is 8.71. The van der Waals surface area contributed by atoms with Gasteiger partial charge < -0.3 is 4.90 Å². The minimum absolute atomic E-state index is 0.239. The highest BCUT2D eigenvalue weighted by Gasteiger charge is 2.23. The molecule has 0 atom stereocenters. The Hall–Kier alpha value is -2.25. The molecule has 1 saturated heterocycles. The SMILES string of the molecule is Fc1ccc(-c2csc3ncnc(N4CCN(Cc5ccc(Cl)cc5Cl)CC4)c23)cc1. The summed E-state index contributed by atoms with van der Waals surface area (Å²) in [4.78, 5) is 14.7. The lowest BCUT2D eigenvalue weighted by molar-refractivity contribution is 0.249. The zero-order chi connectivity index (χ0) is 21.4. The molecule has 0 spiro atoms. The summed E-state index contributed by atoms with van der Waals surface area (Å²) in [5.74, 6) is 0.700. The zero-order valence-corrected chi connectivity index (χ0v) is 18.9. The third kappa shape index (κ3) is 4.26. The fraction of sp³-hybridized carbons (Fsp3) is 0.217. The van der Waals surface area contributed by atoms with Crippen LogP contribution in [0.2, 0.25) is 10.0 Å². The average Bonchev–Trinajstić information content (AvgIpc) is 3.21. The molecule has 2 aromatic heterocycles. The number of hydrogen-bond acceptors (Lipinski definition) is 5. The number of hydrogen-bond donors (Lipinski definition) is 0. The molecule has 0 saturated carbocycles. The number of thiophene rings is 1. The topological polar surface area (TPSA) is 32.3 Å². The van der Waals surface area contributed by atoms with E-state index >= 15 is 0 Å². The second-order valence-corrected chi connectivity index (χ2v) is 9.23. The highest BCUT2D eigenvalue weighted by molar-refractivity contribution is 7.17. The summed E-state index contributed by atoms with van der Waals surface area (Å²) in [5, 5.41) is 4.47. The van der Waals surface area contributed by atoms with Gasteiger partial charge in [0.25, 0.3) is 0 Å². The van der Waals surface area contributed by atoms with Crippen LogP contribution in [0.5, 0.6) is 0 Å². The van der Waals surface area contributed by atoms with Crippen molar-refractivity contribution in [2.75, 3.05) is 31.1 Å². The molecule has 0 radical (unpaired) electrons. The maximum atomic E-state index is 13.4. The number of nitrogens with zero attached hydrogens (tertiary/aromatic N) is 4. The maximum Gasteiger partial charge on any atom is 0.141 e. The van der Waals surface area contributed by atoms with E-state index in [0.717, 1.165) is 65.4 Å². The van der Waals surface area contributed by atoms with Crippen LogP contribution < -0.4 is 4.90 Å². The molecule has 0 amide bonds. The molecule has 0 aliphatic carbocycles. The Morgan fingerprint density at radius 2 is 1.74 bits per heavy atom. The number of anilines is 1. The first-order chi connectivity index (χ1) is 15.1. The standard InChI is InChI=1S/C23H19Cl2FN4S/c24-17-4-1-16(20(25)11-17)12-29-7-9-30(10-8-29)22-21-19(13-31-23(21)28-14-27-22)15-2-5-18(26)6-3-15/h1-6,11,13-14H,7-10,12H2. The van der Waals surface area contributed by atoms with Gasteiger partial charge in [-0.3, -0.25) is 4.90 Å². The van der Waals surface area contributed by atoms with E-state index in [-0.39, 0.29) is 5.82 Å². The van der Waals surface area contributed by atoms with E-state index in [9.17, 15) is 4.39 Å². The number of halogens is 3. The molecule has 5 rings (SSSR count). The van der Waals surface area contributed by atoms with Crippen molar-refractivity contribution in [1.82, 2.24) is 14.9 Å². The fourth-order valence-electron chi connectivity index (χ4n) is 3.95. The molecule has 0 N–H and O–H groups in total. The quantitative estimate of drug-likeness (QED) is 0.357. The van der Waals surface area contributed by atoms with Crippen LogP contribution in [0.3, 0.4) is 0 Å². The Kier molecular flexibility index (Phi) is 5.80. The molecule has 8 heteroatoms. The molecule has 1 fully saturated rings. The molecule has 31 heavy (non-hydrogen) atoms. The summed E-state index contributed by atoms with van der Waals surface area (Å²) in [6, 6.07) is 12.3. The van der Waals surface area contributed by atoms with Crippen molar-refractivity contribution in [3.63, 3.8) is 0 Å². The van der Waals surface area contributed by atoms with Gasteiger partial charge in [0, 0.05) is 53.7 Å². The molecular formula is C23H19Cl2FN4S. The number of aromatic nitrogens is 2. The van der Waals surface area contributed by atoms with Crippen molar-refractivity contribution in [2.24, 2.45) is 0 Å². The first kappa shape index (κ1) is 20.6. The van der Waals surface area contributed by atoms with E-state index in [1.807, 2.05) is 12.1 Å². The molecule has 2 aromatic carbocycles. The van der Waals surface area contributed by atoms with E-state index < -0.39 is 0 Å². The van der Waals surface area contributed by atoms with E-state index in [1.165, 1.54) is 12.1 Å². The van der Waals surface area contributed by atoms with Gasteiger partial charge >= 0.3 is 0 Å². The normalized spacial score (nSPS) is 15.0. The van der Waals surface area contributed by atoms with Crippen LogP contribution in [0.4, 0.5) is 10.2 Å². The van der Waals surface area contributed by atoms with E-state index in [2.05, 4.69) is 25.1 Å². The lowest BCUT2D eigenvalue weighted by atomic mass is 10.1. The third-order valence-electron chi connectivity index (χ3n) is 5.59. The zero-order valence-electron chi connectivity index (χ0n) is 16.6. The molecule has 4 aromatic rings. The highest BCUT2D eigenvalue weighted by Crippen LogP contribution is 2.38. The first-order valence-corrected chi connectivity index (χ1v) is 11.6. The first-order valence-electron chi connectivity index (χ1n) is 9.98. The van der Waals surface area contributed by atoms with Crippen LogP contribution in [0, 0.1) is 5.82 Å². The molecule has 3 heterocycles. The predicted octanol–water partition coefficient (Wildman–Crippen LogP) is 6.13. The summed E-state index contributed by atoms with van der Waals surface area (Å²) in [7, 11) is 0. The van der Waals surface area contributed by atoms with Crippen LogP contribution in [0.25, 0.3) is 21.3 Å². The van der Waals surface area contributed by atoms with Gasteiger partial charge in [0.15, 0.2) is 0 Å². The number of benzene rings is 2. The van der Waals surface area contributed by atoms with Crippen molar-refractivity contribution in [3.05, 3.63) is 75.6 Å². The van der Waals surface area contributed by atoms with Gasteiger partial charge in [-0.05, 0) is 35.4 Å². The molecule has 1 aliphatic heterocycles. The number of rotatable bonds is 4. The van der Waals surface area contributed by atoms with Crippen LogP contribution in [0.1, 0.15) is 5.56 Å². The van der Waals surface area contributed by atoms with Crippen molar-refractivity contribution in [1.29, 1.82) is 0 Å². The van der Waals surface area contributed by atoms with Crippen LogP contribution in [-0.4, -0.2) is 41.0 Å². The predicted molar refractivity (Wildman–Crippen MR) is 127 cm³/mol. The summed E-state index contributed by atoms with van der Waals surface area (Å²) < 4.78 is 13.4. The van der Waals surface area contributed by atoms with E-state index in [0.29, 0.717) is 10.0 Å². The Labute approximate surface area is 193 Å². The van der Waals surface area contributed by atoms with Gasteiger partial charge in [0.2, 0.25) is 0 Å². The number of piperazine rings is 1. The van der Waals surface area contributed by atoms with Crippen molar-refractivity contribution < 1.29 is 4.39 Å². The third-order valence-corrected chi connectivity index (χ3v) is 7.06. The van der Waals surface area contributed by atoms with E-state index in [4.69, 9.17) is 23.2 Å². The highest BCUT2D eigenvalue weighted by atomic mass is 35.5. The summed E-state index contributed by atoms with van der Waals surface area (Å²) in [6.07, 6.45) is 1.63. The van der Waals surface area contributed by atoms with Gasteiger partial charge in [-0.25, -0.2) is 14.4 Å². The largest absolute Gasteiger partial charge is 0.353 e. The number of fused-ring (bicyclic) bond motifs is 1. The second-order valence-electron chi connectivity index (χ2n) is 7.53. The molecule has 1 aliphatic rings. The summed E-state index contributed by atoms with van der Waals surface area (Å²) >= 11 is 14.0. The summed E-state index contributed by atoms with van der Waals surface area (Å²) in [5.41, 5.74) is 3.10. The Bertz CT molecular complexity index is 1220.